The maximum Gasteiger partial charge on any atom is 0.125 e. The second-order valence-electron chi connectivity index (χ2n) is 5.83. The molecule has 1 aromatic rings. The first-order valence-electron chi connectivity index (χ1n) is 7.79. The second kappa shape index (κ2) is 7.90. The van der Waals surface area contributed by atoms with Gasteiger partial charge in [0.05, 0.1) is 6.61 Å². The molecule has 0 atom stereocenters. The summed E-state index contributed by atoms with van der Waals surface area (Å²) in [5.41, 5.74) is 2.26. The number of likely N-dealkylation sites (tertiary alicyclic amines) is 1. The number of aryl methyl sites for hydroxylation is 2. The highest BCUT2D eigenvalue weighted by Gasteiger charge is 2.09. The zero-order valence-corrected chi connectivity index (χ0v) is 13.5. The molecule has 1 aliphatic rings. The number of hydrogen-bond acceptors (Lipinski definition) is 2. The topological polar surface area (TPSA) is 12.5 Å². The minimum atomic E-state index is 0.789. The molecule has 0 radical (unpaired) electrons. The maximum absolute atomic E-state index is 6.03. The molecule has 0 saturated carbocycles. The van der Waals surface area contributed by atoms with Gasteiger partial charge in [-0.2, -0.15) is 0 Å². The van der Waals surface area contributed by atoms with Crippen molar-refractivity contribution in [3.8, 4) is 5.75 Å². The smallest absolute Gasteiger partial charge is 0.125 e. The fourth-order valence-corrected chi connectivity index (χ4v) is 3.25. The van der Waals surface area contributed by atoms with E-state index in [1.165, 1.54) is 45.3 Å². The minimum absolute atomic E-state index is 0.789. The molecule has 0 aliphatic carbocycles. The quantitative estimate of drug-likeness (QED) is 0.711. The van der Waals surface area contributed by atoms with Gasteiger partial charge in [0.2, 0.25) is 0 Å². The maximum atomic E-state index is 6.03. The number of nitrogens with zero attached hydrogens (tertiary/aromatic N) is 1. The summed E-state index contributed by atoms with van der Waals surface area (Å²) in [6.45, 7) is 8.72. The van der Waals surface area contributed by atoms with Crippen LogP contribution in [0.5, 0.6) is 5.75 Å². The van der Waals surface area contributed by atoms with E-state index in [2.05, 4.69) is 18.7 Å². The van der Waals surface area contributed by atoms with Crippen molar-refractivity contribution in [2.24, 2.45) is 0 Å². The molecule has 1 saturated heterocycles. The molecule has 1 fully saturated rings. The molecule has 112 valence electrons. The van der Waals surface area contributed by atoms with Gasteiger partial charge in [-0.25, -0.2) is 0 Å². The standard InChI is InChI=1S/C17H26ClNO/c1-14-12-16(18)13-15(2)17(14)20-11-7-6-10-19-8-4-3-5-9-19/h12-13H,3-11H2,1-2H3. The van der Waals surface area contributed by atoms with E-state index in [1.54, 1.807) is 0 Å². The molecule has 1 aliphatic heterocycles. The lowest BCUT2D eigenvalue weighted by Crippen LogP contribution is -2.30. The Labute approximate surface area is 128 Å². The summed E-state index contributed by atoms with van der Waals surface area (Å²) in [6.07, 6.45) is 6.51. The van der Waals surface area contributed by atoms with Crippen molar-refractivity contribution in [3.05, 3.63) is 28.3 Å². The third kappa shape index (κ3) is 4.68. The van der Waals surface area contributed by atoms with E-state index in [0.29, 0.717) is 0 Å². The van der Waals surface area contributed by atoms with Crippen LogP contribution in [-0.4, -0.2) is 31.1 Å². The number of unbranched alkanes of at least 4 members (excludes halogenated alkanes) is 1. The fraction of sp³-hybridized carbons (Fsp3) is 0.647. The van der Waals surface area contributed by atoms with Crippen LogP contribution in [-0.2, 0) is 0 Å². The summed E-state index contributed by atoms with van der Waals surface area (Å²) >= 11 is 6.03. The first kappa shape index (κ1) is 15.7. The van der Waals surface area contributed by atoms with Gasteiger partial charge in [0.25, 0.3) is 0 Å². The van der Waals surface area contributed by atoms with Crippen molar-refractivity contribution in [1.29, 1.82) is 0 Å². The van der Waals surface area contributed by atoms with E-state index in [-0.39, 0.29) is 0 Å². The van der Waals surface area contributed by atoms with Gasteiger partial charge in [0.15, 0.2) is 0 Å². The van der Waals surface area contributed by atoms with E-state index in [0.717, 1.165) is 34.9 Å². The molecular weight excluding hydrogens is 270 g/mol. The number of ether oxygens (including phenoxy) is 1. The molecule has 0 amide bonds. The number of piperidine rings is 1. The summed E-state index contributed by atoms with van der Waals surface area (Å²) in [7, 11) is 0. The Morgan fingerprint density at radius 3 is 2.35 bits per heavy atom. The van der Waals surface area contributed by atoms with Crippen molar-refractivity contribution in [2.45, 2.75) is 46.0 Å². The van der Waals surface area contributed by atoms with Crippen molar-refractivity contribution in [1.82, 2.24) is 4.90 Å². The first-order chi connectivity index (χ1) is 9.66. The predicted octanol–water partition coefficient (Wildman–Crippen LogP) is 4.60. The normalized spacial score (nSPS) is 16.4. The SMILES string of the molecule is Cc1cc(Cl)cc(C)c1OCCCCN1CCCCC1. The molecule has 0 unspecified atom stereocenters. The highest BCUT2D eigenvalue weighted by atomic mass is 35.5. The van der Waals surface area contributed by atoms with Gasteiger partial charge in [-0.05, 0) is 82.4 Å². The van der Waals surface area contributed by atoms with Crippen LogP contribution in [0, 0.1) is 13.8 Å². The van der Waals surface area contributed by atoms with Crippen molar-refractivity contribution >= 4 is 11.6 Å². The molecule has 1 heterocycles. The predicted molar refractivity (Wildman–Crippen MR) is 85.9 cm³/mol. The van der Waals surface area contributed by atoms with E-state index < -0.39 is 0 Å². The fourth-order valence-electron chi connectivity index (χ4n) is 2.92. The Morgan fingerprint density at radius 2 is 1.70 bits per heavy atom. The van der Waals surface area contributed by atoms with Gasteiger partial charge in [-0.1, -0.05) is 18.0 Å². The molecule has 0 spiro atoms. The van der Waals surface area contributed by atoms with E-state index in [9.17, 15) is 0 Å². The van der Waals surface area contributed by atoms with Crippen LogP contribution in [0.15, 0.2) is 12.1 Å². The van der Waals surface area contributed by atoms with E-state index >= 15 is 0 Å². The summed E-state index contributed by atoms with van der Waals surface area (Å²) in [4.78, 5) is 2.59. The van der Waals surface area contributed by atoms with Crippen molar-refractivity contribution in [2.75, 3.05) is 26.2 Å². The number of rotatable bonds is 6. The zero-order valence-electron chi connectivity index (χ0n) is 12.8. The van der Waals surface area contributed by atoms with Crippen LogP contribution in [0.25, 0.3) is 0 Å². The zero-order chi connectivity index (χ0) is 14.4. The lowest BCUT2D eigenvalue weighted by Gasteiger charge is -2.26. The van der Waals surface area contributed by atoms with Crippen LogP contribution in [0.3, 0.4) is 0 Å². The molecule has 0 aromatic heterocycles. The summed E-state index contributed by atoms with van der Waals surface area (Å²) in [5, 5.41) is 0.789. The molecule has 2 rings (SSSR count). The number of hydrogen-bond donors (Lipinski definition) is 0. The van der Waals surface area contributed by atoms with Crippen LogP contribution in [0.1, 0.15) is 43.2 Å². The van der Waals surface area contributed by atoms with E-state index in [1.807, 2.05) is 12.1 Å². The van der Waals surface area contributed by atoms with E-state index in [4.69, 9.17) is 16.3 Å². The third-order valence-corrected chi connectivity index (χ3v) is 4.21. The monoisotopic (exact) mass is 295 g/mol. The average molecular weight is 296 g/mol. The average Bonchev–Trinajstić information content (AvgIpc) is 2.42. The Bertz CT molecular complexity index is 404. The summed E-state index contributed by atoms with van der Waals surface area (Å²) < 4.78 is 5.93. The molecular formula is C17H26ClNO. The highest BCUT2D eigenvalue weighted by Crippen LogP contribution is 2.27. The third-order valence-electron chi connectivity index (χ3n) is 3.99. The van der Waals surface area contributed by atoms with Crippen LogP contribution in [0.2, 0.25) is 5.02 Å². The Morgan fingerprint density at radius 1 is 1.05 bits per heavy atom. The van der Waals surface area contributed by atoms with Crippen molar-refractivity contribution < 1.29 is 4.74 Å². The second-order valence-corrected chi connectivity index (χ2v) is 6.26. The van der Waals surface area contributed by atoms with Gasteiger partial charge in [-0.3, -0.25) is 0 Å². The van der Waals surface area contributed by atoms with Crippen molar-refractivity contribution in [3.63, 3.8) is 0 Å². The summed E-state index contributed by atoms with van der Waals surface area (Å²) in [5.74, 6) is 1.01. The van der Waals surface area contributed by atoms with Crippen LogP contribution >= 0.6 is 11.6 Å². The van der Waals surface area contributed by atoms with Gasteiger partial charge < -0.3 is 9.64 Å². The molecule has 1 aromatic carbocycles. The molecule has 2 nitrogen and oxygen atoms in total. The lowest BCUT2D eigenvalue weighted by molar-refractivity contribution is 0.215. The Kier molecular flexibility index (Phi) is 6.18. The minimum Gasteiger partial charge on any atom is -0.493 e. The molecule has 0 N–H and O–H groups in total. The first-order valence-corrected chi connectivity index (χ1v) is 8.16. The van der Waals surface area contributed by atoms with Gasteiger partial charge in [-0.15, -0.1) is 0 Å². The van der Waals surface area contributed by atoms with Gasteiger partial charge in [0, 0.05) is 5.02 Å². The summed E-state index contributed by atoms with van der Waals surface area (Å²) in [6, 6.07) is 3.94. The Hall–Kier alpha value is -0.730. The molecule has 3 heteroatoms. The lowest BCUT2D eigenvalue weighted by atomic mass is 10.1. The Balaban J connectivity index is 1.68. The van der Waals surface area contributed by atoms with Gasteiger partial charge >= 0.3 is 0 Å². The van der Waals surface area contributed by atoms with Crippen LogP contribution in [0.4, 0.5) is 0 Å². The number of halogens is 1. The van der Waals surface area contributed by atoms with Crippen LogP contribution < -0.4 is 4.74 Å². The van der Waals surface area contributed by atoms with Gasteiger partial charge in [0.1, 0.15) is 5.75 Å². The molecule has 0 bridgehead atoms. The largest absolute Gasteiger partial charge is 0.493 e. The highest BCUT2D eigenvalue weighted by molar-refractivity contribution is 6.30. The molecule has 20 heavy (non-hydrogen) atoms. The number of benzene rings is 1.